The summed E-state index contributed by atoms with van der Waals surface area (Å²) in [5, 5.41) is 0. The van der Waals surface area contributed by atoms with Gasteiger partial charge in [-0.05, 0) is 24.3 Å². The first-order valence-corrected chi connectivity index (χ1v) is 9.35. The molecule has 9 heteroatoms. The standard InChI is InChI=1S/C22H22O9/c1-15(23)30-19-9-5-3-7-17(19)21(25)28-13-11-27-12-14-29-22(26)18-8-4-6-10-20(18)31-16(2)24/h3-10H,11-14H2,1-2H3. The van der Waals surface area contributed by atoms with Gasteiger partial charge in [0, 0.05) is 13.8 Å². The SMILES string of the molecule is CC(=O)Oc1ccccc1C(=O)OCCOCCOC(=O)c1ccccc1OC(C)=O. The topological polar surface area (TPSA) is 114 Å². The van der Waals surface area contributed by atoms with Crippen molar-refractivity contribution in [3.05, 3.63) is 59.7 Å². The average Bonchev–Trinajstić information content (AvgIpc) is 2.72. The van der Waals surface area contributed by atoms with Crippen LogP contribution in [0.2, 0.25) is 0 Å². The summed E-state index contributed by atoms with van der Waals surface area (Å²) in [5.74, 6) is -2.19. The van der Waals surface area contributed by atoms with Gasteiger partial charge in [0.1, 0.15) is 35.8 Å². The summed E-state index contributed by atoms with van der Waals surface area (Å²) in [6.45, 7) is 2.52. The zero-order valence-corrected chi connectivity index (χ0v) is 17.1. The molecule has 9 nitrogen and oxygen atoms in total. The van der Waals surface area contributed by atoms with Crippen molar-refractivity contribution in [2.45, 2.75) is 13.8 Å². The molecule has 0 fully saturated rings. The zero-order valence-electron chi connectivity index (χ0n) is 17.1. The number of hydrogen-bond donors (Lipinski definition) is 0. The fourth-order valence-corrected chi connectivity index (χ4v) is 2.40. The predicted octanol–water partition coefficient (Wildman–Crippen LogP) is 2.57. The van der Waals surface area contributed by atoms with E-state index in [4.69, 9.17) is 23.7 Å². The van der Waals surface area contributed by atoms with Gasteiger partial charge < -0.3 is 23.7 Å². The molecule has 0 aliphatic rings. The molecule has 0 aliphatic carbocycles. The summed E-state index contributed by atoms with van der Waals surface area (Å²) in [6, 6.07) is 12.4. The molecule has 2 aromatic carbocycles. The van der Waals surface area contributed by atoms with Crippen LogP contribution in [0.4, 0.5) is 0 Å². The molecular formula is C22H22O9. The van der Waals surface area contributed by atoms with Gasteiger partial charge in [0.05, 0.1) is 13.2 Å². The van der Waals surface area contributed by atoms with Gasteiger partial charge >= 0.3 is 23.9 Å². The van der Waals surface area contributed by atoms with Crippen LogP contribution in [0.15, 0.2) is 48.5 Å². The van der Waals surface area contributed by atoms with Gasteiger partial charge in [0.15, 0.2) is 0 Å². The second-order valence-electron chi connectivity index (χ2n) is 6.06. The molecule has 0 spiro atoms. The minimum absolute atomic E-state index is 0.0452. The molecule has 0 aliphatic heterocycles. The van der Waals surface area contributed by atoms with E-state index in [0.717, 1.165) is 0 Å². The Morgan fingerprint density at radius 2 is 1.00 bits per heavy atom. The van der Waals surface area contributed by atoms with Crippen LogP contribution in [0.5, 0.6) is 11.5 Å². The van der Waals surface area contributed by atoms with Gasteiger partial charge in [-0.15, -0.1) is 0 Å². The Kier molecular flexibility index (Phi) is 9.18. The minimum Gasteiger partial charge on any atom is -0.460 e. The van der Waals surface area contributed by atoms with E-state index in [2.05, 4.69) is 0 Å². The fourth-order valence-electron chi connectivity index (χ4n) is 2.40. The number of carbonyl (C=O) groups is 4. The number of benzene rings is 2. The largest absolute Gasteiger partial charge is 0.460 e. The van der Waals surface area contributed by atoms with Gasteiger partial charge in [-0.25, -0.2) is 9.59 Å². The van der Waals surface area contributed by atoms with Crippen molar-refractivity contribution in [2.24, 2.45) is 0 Å². The summed E-state index contributed by atoms with van der Waals surface area (Å²) < 4.78 is 25.4. The third-order valence-electron chi connectivity index (χ3n) is 3.64. The Morgan fingerprint density at radius 3 is 1.39 bits per heavy atom. The molecule has 0 saturated heterocycles. The highest BCUT2D eigenvalue weighted by Gasteiger charge is 2.16. The number of esters is 4. The van der Waals surface area contributed by atoms with E-state index in [1.165, 1.54) is 38.1 Å². The minimum atomic E-state index is -0.658. The summed E-state index contributed by atoms with van der Waals surface area (Å²) in [6.07, 6.45) is 0. The van der Waals surface area contributed by atoms with Gasteiger partial charge in [0.25, 0.3) is 0 Å². The normalized spacial score (nSPS) is 10.1. The lowest BCUT2D eigenvalue weighted by atomic mass is 10.2. The first kappa shape index (κ1) is 23.6. The molecule has 0 atom stereocenters. The first-order chi connectivity index (χ1) is 14.9. The second kappa shape index (κ2) is 12.1. The lowest BCUT2D eigenvalue weighted by molar-refractivity contribution is -0.132. The van der Waals surface area contributed by atoms with Crippen LogP contribution < -0.4 is 9.47 Å². The summed E-state index contributed by atoms with van der Waals surface area (Å²) in [4.78, 5) is 46.4. The van der Waals surface area contributed by atoms with Crippen LogP contribution in [-0.4, -0.2) is 50.3 Å². The molecule has 0 unspecified atom stereocenters. The Hall–Kier alpha value is -3.72. The van der Waals surface area contributed by atoms with Gasteiger partial charge in [0.2, 0.25) is 0 Å². The number of para-hydroxylation sites is 2. The van der Waals surface area contributed by atoms with Crippen molar-refractivity contribution < 1.29 is 42.9 Å². The maximum Gasteiger partial charge on any atom is 0.342 e. The van der Waals surface area contributed by atoms with E-state index in [1.807, 2.05) is 0 Å². The third-order valence-corrected chi connectivity index (χ3v) is 3.64. The van der Waals surface area contributed by atoms with Gasteiger partial charge in [-0.1, -0.05) is 24.3 Å². The Morgan fingerprint density at radius 1 is 0.613 bits per heavy atom. The first-order valence-electron chi connectivity index (χ1n) is 9.35. The molecule has 2 aromatic rings. The molecule has 0 aromatic heterocycles. The van der Waals surface area contributed by atoms with Gasteiger partial charge in [-0.3, -0.25) is 9.59 Å². The van der Waals surface area contributed by atoms with E-state index in [9.17, 15) is 19.2 Å². The van der Waals surface area contributed by atoms with Gasteiger partial charge in [-0.2, -0.15) is 0 Å². The van der Waals surface area contributed by atoms with Crippen LogP contribution in [0.3, 0.4) is 0 Å². The van der Waals surface area contributed by atoms with Crippen LogP contribution >= 0.6 is 0 Å². The number of ether oxygens (including phenoxy) is 5. The van der Waals surface area contributed by atoms with E-state index in [0.29, 0.717) is 0 Å². The molecular weight excluding hydrogens is 408 g/mol. The van der Waals surface area contributed by atoms with E-state index in [1.54, 1.807) is 24.3 Å². The average molecular weight is 430 g/mol. The Balaban J connectivity index is 1.69. The highest BCUT2D eigenvalue weighted by atomic mass is 16.6. The van der Waals surface area contributed by atoms with E-state index >= 15 is 0 Å². The zero-order chi connectivity index (χ0) is 22.6. The molecule has 0 N–H and O–H groups in total. The van der Waals surface area contributed by atoms with Crippen LogP contribution in [0.1, 0.15) is 34.6 Å². The molecule has 0 amide bonds. The van der Waals surface area contributed by atoms with Crippen molar-refractivity contribution in [1.82, 2.24) is 0 Å². The molecule has 2 rings (SSSR count). The Bertz CT molecular complexity index is 861. The maximum atomic E-state index is 12.1. The molecule has 0 radical (unpaired) electrons. The highest BCUT2D eigenvalue weighted by Crippen LogP contribution is 2.20. The van der Waals surface area contributed by atoms with E-state index < -0.39 is 23.9 Å². The van der Waals surface area contributed by atoms with Crippen LogP contribution in [-0.2, 0) is 23.8 Å². The smallest absolute Gasteiger partial charge is 0.342 e. The second-order valence-corrected chi connectivity index (χ2v) is 6.06. The maximum absolute atomic E-state index is 12.1. The van der Waals surface area contributed by atoms with Crippen molar-refractivity contribution in [3.63, 3.8) is 0 Å². The highest BCUT2D eigenvalue weighted by molar-refractivity contribution is 5.94. The van der Waals surface area contributed by atoms with Crippen molar-refractivity contribution in [3.8, 4) is 11.5 Å². The lowest BCUT2D eigenvalue weighted by Crippen LogP contribution is -2.16. The lowest BCUT2D eigenvalue weighted by Gasteiger charge is -2.10. The van der Waals surface area contributed by atoms with E-state index in [-0.39, 0.29) is 49.1 Å². The van der Waals surface area contributed by atoms with Crippen LogP contribution in [0.25, 0.3) is 0 Å². The summed E-state index contributed by atoms with van der Waals surface area (Å²) in [5.41, 5.74) is 0.246. The Labute approximate surface area is 178 Å². The van der Waals surface area contributed by atoms with Crippen molar-refractivity contribution in [2.75, 3.05) is 26.4 Å². The third kappa shape index (κ3) is 7.90. The monoisotopic (exact) mass is 430 g/mol. The molecule has 0 saturated carbocycles. The molecule has 31 heavy (non-hydrogen) atoms. The summed E-state index contributed by atoms with van der Waals surface area (Å²) in [7, 11) is 0. The van der Waals surface area contributed by atoms with Crippen molar-refractivity contribution >= 4 is 23.9 Å². The molecule has 0 heterocycles. The van der Waals surface area contributed by atoms with Crippen molar-refractivity contribution in [1.29, 1.82) is 0 Å². The number of carbonyl (C=O) groups excluding carboxylic acids is 4. The fraction of sp³-hybridized carbons (Fsp3) is 0.273. The predicted molar refractivity (Wildman–Crippen MR) is 107 cm³/mol. The molecule has 0 bridgehead atoms. The molecule has 164 valence electrons. The quantitative estimate of drug-likeness (QED) is 0.319. The number of hydrogen-bond acceptors (Lipinski definition) is 9. The van der Waals surface area contributed by atoms with Crippen LogP contribution in [0, 0.1) is 0 Å². The number of rotatable bonds is 10. The summed E-state index contributed by atoms with van der Waals surface area (Å²) >= 11 is 0.